The highest BCUT2D eigenvalue weighted by Crippen LogP contribution is 2.23. The van der Waals surface area contributed by atoms with Gasteiger partial charge in [-0.3, -0.25) is 4.79 Å². The molecule has 0 aliphatic carbocycles. The molecule has 0 saturated carbocycles. The number of amides is 3. The molecule has 0 radical (unpaired) electrons. The van der Waals surface area contributed by atoms with E-state index in [1.807, 2.05) is 36.4 Å². The van der Waals surface area contributed by atoms with Crippen LogP contribution in [-0.4, -0.2) is 47.7 Å². The van der Waals surface area contributed by atoms with Crippen LogP contribution < -0.4 is 10.6 Å². The normalized spacial score (nSPS) is 18.0. The predicted octanol–water partition coefficient (Wildman–Crippen LogP) is 3.79. The molecular weight excluding hydrogens is 410 g/mol. The highest BCUT2D eigenvalue weighted by Gasteiger charge is 2.43. The second-order valence-electron chi connectivity index (χ2n) is 8.66. The fourth-order valence-corrected chi connectivity index (χ4v) is 3.38. The first-order valence-electron chi connectivity index (χ1n) is 10.5. The third kappa shape index (κ3) is 6.73. The number of carbonyl (C=O) groups is 3. The van der Waals surface area contributed by atoms with Crippen molar-refractivity contribution >= 4 is 23.8 Å². The molecule has 32 heavy (non-hydrogen) atoms. The van der Waals surface area contributed by atoms with Gasteiger partial charge in [-0.05, 0) is 38.5 Å². The van der Waals surface area contributed by atoms with Crippen molar-refractivity contribution in [3.05, 3.63) is 66.2 Å². The van der Waals surface area contributed by atoms with Gasteiger partial charge in [0.25, 0.3) is 0 Å². The second-order valence-corrected chi connectivity index (χ2v) is 8.66. The van der Waals surface area contributed by atoms with Crippen LogP contribution in [0.3, 0.4) is 0 Å². The summed E-state index contributed by atoms with van der Waals surface area (Å²) in [5.74, 6) is -1.18. The summed E-state index contributed by atoms with van der Waals surface area (Å²) in [5, 5.41) is 5.53. The first-order valence-corrected chi connectivity index (χ1v) is 10.5. The van der Waals surface area contributed by atoms with Gasteiger partial charge in [0.05, 0.1) is 12.0 Å². The Hall–Kier alpha value is -3.55. The number of hydrogen-bond acceptors (Lipinski definition) is 5. The lowest BCUT2D eigenvalue weighted by Gasteiger charge is -2.24. The minimum Gasteiger partial charge on any atom is -0.460 e. The van der Waals surface area contributed by atoms with Crippen LogP contribution in [0.25, 0.3) is 0 Å². The molecule has 2 atom stereocenters. The molecule has 170 valence electrons. The van der Waals surface area contributed by atoms with Gasteiger partial charge in [-0.15, -0.1) is 0 Å². The Morgan fingerprint density at radius 3 is 2.22 bits per heavy atom. The molecule has 3 rings (SSSR count). The molecule has 0 spiro atoms. The molecule has 8 nitrogen and oxygen atoms in total. The van der Waals surface area contributed by atoms with Gasteiger partial charge in [-0.25, -0.2) is 9.59 Å². The first-order chi connectivity index (χ1) is 15.2. The molecule has 1 heterocycles. The zero-order valence-corrected chi connectivity index (χ0v) is 18.5. The number of likely N-dealkylation sites (tertiary alicyclic amines) is 1. The van der Waals surface area contributed by atoms with Gasteiger partial charge in [0.2, 0.25) is 0 Å². The monoisotopic (exact) mass is 439 g/mol. The summed E-state index contributed by atoms with van der Waals surface area (Å²) >= 11 is 0. The van der Waals surface area contributed by atoms with Crippen molar-refractivity contribution in [3.8, 4) is 0 Å². The standard InChI is InChI=1S/C24H29N3O5/c1-24(2,3)32-21(28)19-14-27(23(30)31-16-17-10-6-4-7-11-17)15-20(19)26-22(29)25-18-12-8-5-9-13-18/h4-13,19-20H,14-16H2,1-3H3,(H2,25,26,29)/t19-,20+/m1/s1. The maximum absolute atomic E-state index is 12.8. The van der Waals surface area contributed by atoms with E-state index in [1.165, 1.54) is 4.90 Å². The van der Waals surface area contributed by atoms with Gasteiger partial charge in [-0.2, -0.15) is 0 Å². The van der Waals surface area contributed by atoms with Crippen molar-refractivity contribution < 1.29 is 23.9 Å². The van der Waals surface area contributed by atoms with Crippen LogP contribution in [0.1, 0.15) is 26.3 Å². The molecule has 0 aromatic heterocycles. The Morgan fingerprint density at radius 2 is 1.59 bits per heavy atom. The summed E-state index contributed by atoms with van der Waals surface area (Å²) in [6.45, 7) is 5.68. The van der Waals surface area contributed by atoms with Crippen molar-refractivity contribution in [3.63, 3.8) is 0 Å². The van der Waals surface area contributed by atoms with Gasteiger partial charge in [0.1, 0.15) is 12.2 Å². The lowest BCUT2D eigenvalue weighted by atomic mass is 10.0. The van der Waals surface area contributed by atoms with Crippen LogP contribution in [0, 0.1) is 5.92 Å². The van der Waals surface area contributed by atoms with Crippen LogP contribution in [0.2, 0.25) is 0 Å². The highest BCUT2D eigenvalue weighted by molar-refractivity contribution is 5.90. The van der Waals surface area contributed by atoms with Crippen LogP contribution in [0.5, 0.6) is 0 Å². The molecule has 2 aromatic rings. The number of benzene rings is 2. The van der Waals surface area contributed by atoms with Crippen LogP contribution in [-0.2, 0) is 20.9 Å². The lowest BCUT2D eigenvalue weighted by Crippen LogP contribution is -2.46. The first kappa shape index (κ1) is 23.1. The van der Waals surface area contributed by atoms with E-state index in [-0.39, 0.29) is 19.7 Å². The SMILES string of the molecule is CC(C)(C)OC(=O)[C@@H]1CN(C(=O)OCc2ccccc2)C[C@@H]1NC(=O)Nc1ccccc1. The van der Waals surface area contributed by atoms with Gasteiger partial charge in [0, 0.05) is 18.8 Å². The second kappa shape index (κ2) is 10.2. The number of para-hydroxylation sites is 1. The van der Waals surface area contributed by atoms with Gasteiger partial charge in [0.15, 0.2) is 0 Å². The highest BCUT2D eigenvalue weighted by atomic mass is 16.6. The smallest absolute Gasteiger partial charge is 0.410 e. The van der Waals surface area contributed by atoms with Crippen LogP contribution in [0.15, 0.2) is 60.7 Å². The van der Waals surface area contributed by atoms with E-state index in [0.717, 1.165) is 5.56 Å². The molecule has 0 bridgehead atoms. The van der Waals surface area contributed by atoms with Gasteiger partial charge < -0.3 is 25.0 Å². The van der Waals surface area contributed by atoms with E-state index in [4.69, 9.17) is 9.47 Å². The summed E-state index contributed by atoms with van der Waals surface area (Å²) in [6.07, 6.45) is -0.546. The van der Waals surface area contributed by atoms with E-state index in [2.05, 4.69) is 10.6 Å². The van der Waals surface area contributed by atoms with Gasteiger partial charge in [-0.1, -0.05) is 48.5 Å². The number of ether oxygens (including phenoxy) is 2. The Balaban J connectivity index is 1.65. The zero-order valence-electron chi connectivity index (χ0n) is 18.5. The number of hydrogen-bond donors (Lipinski definition) is 2. The quantitative estimate of drug-likeness (QED) is 0.691. The molecule has 8 heteroatoms. The summed E-state index contributed by atoms with van der Waals surface area (Å²) in [6, 6.07) is 17.2. The third-order valence-electron chi connectivity index (χ3n) is 4.84. The Labute approximate surface area is 187 Å². The Kier molecular flexibility index (Phi) is 7.35. The van der Waals surface area contributed by atoms with Crippen LogP contribution >= 0.6 is 0 Å². The fourth-order valence-electron chi connectivity index (χ4n) is 3.38. The van der Waals surface area contributed by atoms with E-state index >= 15 is 0 Å². The van der Waals surface area contributed by atoms with E-state index in [9.17, 15) is 14.4 Å². The number of rotatable bonds is 5. The van der Waals surface area contributed by atoms with E-state index in [1.54, 1.807) is 45.0 Å². The summed E-state index contributed by atoms with van der Waals surface area (Å²) in [5.41, 5.74) is 0.798. The minimum absolute atomic E-state index is 0.0961. The topological polar surface area (TPSA) is 97.0 Å². The Bertz CT molecular complexity index is 928. The predicted molar refractivity (Wildman–Crippen MR) is 120 cm³/mol. The fraction of sp³-hybridized carbons (Fsp3) is 0.375. The van der Waals surface area contributed by atoms with Gasteiger partial charge >= 0.3 is 18.1 Å². The van der Waals surface area contributed by atoms with E-state index in [0.29, 0.717) is 5.69 Å². The lowest BCUT2D eigenvalue weighted by molar-refractivity contribution is -0.159. The number of esters is 1. The van der Waals surface area contributed by atoms with Crippen molar-refractivity contribution in [2.45, 2.75) is 39.0 Å². The third-order valence-corrected chi connectivity index (χ3v) is 4.84. The Morgan fingerprint density at radius 1 is 0.969 bits per heavy atom. The van der Waals surface area contributed by atoms with E-state index < -0.39 is 35.7 Å². The average molecular weight is 440 g/mol. The molecule has 1 fully saturated rings. The number of carbonyl (C=O) groups excluding carboxylic acids is 3. The molecule has 2 aromatic carbocycles. The van der Waals surface area contributed by atoms with Crippen molar-refractivity contribution in [1.29, 1.82) is 0 Å². The van der Waals surface area contributed by atoms with Crippen molar-refractivity contribution in [2.75, 3.05) is 18.4 Å². The van der Waals surface area contributed by atoms with Crippen molar-refractivity contribution in [2.24, 2.45) is 5.92 Å². The largest absolute Gasteiger partial charge is 0.460 e. The molecule has 1 aliphatic rings. The summed E-state index contributed by atoms with van der Waals surface area (Å²) in [4.78, 5) is 39.3. The number of anilines is 1. The van der Waals surface area contributed by atoms with Crippen molar-refractivity contribution in [1.82, 2.24) is 10.2 Å². The summed E-state index contributed by atoms with van der Waals surface area (Å²) in [7, 11) is 0. The van der Waals surface area contributed by atoms with Crippen LogP contribution in [0.4, 0.5) is 15.3 Å². The molecule has 1 aliphatic heterocycles. The summed E-state index contributed by atoms with van der Waals surface area (Å²) < 4.78 is 10.9. The number of nitrogens with zero attached hydrogens (tertiary/aromatic N) is 1. The average Bonchev–Trinajstić information content (AvgIpc) is 3.16. The molecule has 1 saturated heterocycles. The minimum atomic E-state index is -0.708. The molecule has 0 unspecified atom stereocenters. The maximum atomic E-state index is 12.8. The number of urea groups is 1. The molecule has 2 N–H and O–H groups in total. The maximum Gasteiger partial charge on any atom is 0.410 e. The number of nitrogens with one attached hydrogen (secondary N) is 2. The zero-order chi connectivity index (χ0) is 23.1. The molecular formula is C24H29N3O5. The molecule has 3 amide bonds.